The molecule has 4 aromatic carbocycles. The van der Waals surface area contributed by atoms with Crippen LogP contribution in [-0.2, 0) is 13.1 Å². The molecule has 0 saturated heterocycles. The first-order valence-electron chi connectivity index (χ1n) is 11.9. The van der Waals surface area contributed by atoms with Crippen molar-refractivity contribution in [1.82, 2.24) is 9.80 Å². The fourth-order valence-electron chi connectivity index (χ4n) is 3.61. The molecule has 0 aliphatic rings. The molecule has 6 N–H and O–H groups in total. The van der Waals surface area contributed by atoms with Crippen LogP contribution in [0.2, 0.25) is 10.0 Å². The van der Waals surface area contributed by atoms with Crippen molar-refractivity contribution in [2.45, 2.75) is 13.1 Å². The maximum absolute atomic E-state index is 8.16. The quantitative estimate of drug-likeness (QED) is 0.122. The average Bonchev–Trinajstić information content (AvgIpc) is 2.91. The van der Waals surface area contributed by atoms with Gasteiger partial charge < -0.3 is 21.3 Å². The van der Waals surface area contributed by atoms with E-state index in [2.05, 4.69) is 0 Å². The number of amidine groups is 2. The highest BCUT2D eigenvalue weighted by Gasteiger charge is 2.09. The van der Waals surface area contributed by atoms with Crippen LogP contribution < -0.4 is 11.5 Å². The van der Waals surface area contributed by atoms with Gasteiger partial charge in [0.15, 0.2) is 0 Å². The van der Waals surface area contributed by atoms with E-state index in [1.807, 2.05) is 96.7 Å². The lowest BCUT2D eigenvalue weighted by Crippen LogP contribution is -2.26. The fourth-order valence-corrected chi connectivity index (χ4v) is 3.86. The molecule has 4 aromatic rings. The first-order chi connectivity index (χ1) is 18.1. The van der Waals surface area contributed by atoms with E-state index in [-0.39, 0.29) is 0 Å². The maximum atomic E-state index is 8.16. The summed E-state index contributed by atoms with van der Waals surface area (Å²) in [4.78, 5) is 3.77. The second kappa shape index (κ2) is 13.5. The monoisotopic (exact) mass is 546 g/mol. The summed E-state index contributed by atoms with van der Waals surface area (Å²) < 4.78 is 0. The number of hydrogen-bond donors (Lipinski definition) is 4. The van der Waals surface area contributed by atoms with Gasteiger partial charge in [0.1, 0.15) is 11.7 Å². The zero-order valence-corrected chi connectivity index (χ0v) is 23.0. The summed E-state index contributed by atoms with van der Waals surface area (Å²) in [6, 6.07) is 30.0. The van der Waals surface area contributed by atoms with Gasteiger partial charge in [-0.25, -0.2) is 0 Å². The first-order valence-corrected chi connectivity index (χ1v) is 12.7. The van der Waals surface area contributed by atoms with Crippen molar-refractivity contribution in [1.29, 1.82) is 10.8 Å². The van der Waals surface area contributed by atoms with Gasteiger partial charge >= 0.3 is 0 Å². The number of hydrogen-bond acceptors (Lipinski definition) is 4. The number of nitrogen functional groups attached to an aromatic ring is 2. The van der Waals surface area contributed by atoms with Crippen molar-refractivity contribution in [3.63, 3.8) is 0 Å². The molecule has 0 amide bonds. The Labute approximate surface area is 234 Å². The summed E-state index contributed by atoms with van der Waals surface area (Å²) in [5.41, 5.74) is 16.6. The van der Waals surface area contributed by atoms with E-state index in [1.54, 1.807) is 24.3 Å². The summed E-state index contributed by atoms with van der Waals surface area (Å²) >= 11 is 11.7. The Morgan fingerprint density at radius 1 is 0.553 bits per heavy atom. The lowest BCUT2D eigenvalue weighted by atomic mass is 10.1. The maximum Gasteiger partial charge on any atom is 0.128 e. The van der Waals surface area contributed by atoms with Crippen LogP contribution in [0.1, 0.15) is 22.3 Å². The molecule has 8 heteroatoms. The van der Waals surface area contributed by atoms with Crippen LogP contribution >= 0.6 is 23.2 Å². The van der Waals surface area contributed by atoms with Crippen molar-refractivity contribution in [2.75, 3.05) is 25.6 Å². The molecule has 0 heterocycles. The zero-order valence-electron chi connectivity index (χ0n) is 21.5. The van der Waals surface area contributed by atoms with Crippen LogP contribution in [0.5, 0.6) is 0 Å². The number of nitrogens with one attached hydrogen (secondary N) is 2. The molecule has 0 spiro atoms. The predicted octanol–water partition coefficient (Wildman–Crippen LogP) is 6.76. The first kappa shape index (κ1) is 28.6. The standard InChI is InChI=1S/2C15H16ClN3/c2*1-19(10-11-2-6-13(16)7-3-11)15(18)12-4-8-14(17)9-5-12/h2*2-9,18H,10,17H2,1H3. The van der Waals surface area contributed by atoms with E-state index < -0.39 is 0 Å². The third-order valence-corrected chi connectivity index (χ3v) is 6.30. The molecule has 6 nitrogen and oxygen atoms in total. The Hall–Kier alpha value is -4.00. The molecule has 0 aliphatic heterocycles. The minimum atomic E-state index is 0.468. The Balaban J connectivity index is 0.000000211. The molecular formula is C30H32Cl2N6. The van der Waals surface area contributed by atoms with Crippen molar-refractivity contribution in [3.05, 3.63) is 129 Å². The summed E-state index contributed by atoms with van der Waals surface area (Å²) in [5, 5.41) is 17.8. The number of anilines is 2. The van der Waals surface area contributed by atoms with E-state index in [9.17, 15) is 0 Å². The molecule has 4 rings (SSSR count). The van der Waals surface area contributed by atoms with Crippen LogP contribution in [0.15, 0.2) is 97.1 Å². The van der Waals surface area contributed by atoms with E-state index in [4.69, 9.17) is 45.5 Å². The summed E-state index contributed by atoms with van der Waals surface area (Å²) in [7, 11) is 3.79. The summed E-state index contributed by atoms with van der Waals surface area (Å²) in [6.07, 6.45) is 0. The van der Waals surface area contributed by atoms with Crippen molar-refractivity contribution in [3.8, 4) is 0 Å². The number of halogens is 2. The molecule has 0 saturated carbocycles. The van der Waals surface area contributed by atoms with Crippen LogP contribution in [0.3, 0.4) is 0 Å². The fraction of sp³-hybridized carbons (Fsp3) is 0.133. The van der Waals surface area contributed by atoms with Crippen LogP contribution in [0.4, 0.5) is 11.4 Å². The molecule has 196 valence electrons. The largest absolute Gasteiger partial charge is 0.399 e. The third-order valence-electron chi connectivity index (χ3n) is 5.80. The van der Waals surface area contributed by atoms with E-state index in [0.29, 0.717) is 36.1 Å². The number of nitrogens with two attached hydrogens (primary N) is 2. The SMILES string of the molecule is CN(Cc1ccc(Cl)cc1)C(=N)c1ccc(N)cc1.CN(Cc1ccc(Cl)cc1)C(=N)c1ccc(N)cc1. The molecule has 0 aromatic heterocycles. The Morgan fingerprint density at radius 3 is 1.13 bits per heavy atom. The Morgan fingerprint density at radius 2 is 0.842 bits per heavy atom. The second-order valence-electron chi connectivity index (χ2n) is 8.91. The summed E-state index contributed by atoms with van der Waals surface area (Å²) in [5.74, 6) is 0.935. The van der Waals surface area contributed by atoms with Gasteiger partial charge in [-0.3, -0.25) is 10.8 Å². The van der Waals surface area contributed by atoms with Gasteiger partial charge in [0.05, 0.1) is 0 Å². The molecule has 0 atom stereocenters. The Bertz CT molecular complexity index is 1230. The molecule has 0 bridgehead atoms. The van der Waals surface area contributed by atoms with Gasteiger partial charge in [-0.1, -0.05) is 47.5 Å². The highest BCUT2D eigenvalue weighted by Crippen LogP contribution is 2.15. The van der Waals surface area contributed by atoms with Crippen molar-refractivity contribution in [2.24, 2.45) is 0 Å². The topological polar surface area (TPSA) is 106 Å². The van der Waals surface area contributed by atoms with Gasteiger partial charge in [0.2, 0.25) is 0 Å². The highest BCUT2D eigenvalue weighted by molar-refractivity contribution is 6.30. The number of benzene rings is 4. The van der Waals surface area contributed by atoms with Crippen LogP contribution in [0.25, 0.3) is 0 Å². The van der Waals surface area contributed by atoms with Gasteiger partial charge in [0, 0.05) is 59.7 Å². The molecule has 38 heavy (non-hydrogen) atoms. The van der Waals surface area contributed by atoms with E-state index in [1.165, 1.54) is 0 Å². The normalized spacial score (nSPS) is 10.2. The van der Waals surface area contributed by atoms with Crippen molar-refractivity contribution >= 4 is 46.2 Å². The smallest absolute Gasteiger partial charge is 0.128 e. The highest BCUT2D eigenvalue weighted by atomic mass is 35.5. The molecule has 0 unspecified atom stereocenters. The van der Waals surface area contributed by atoms with E-state index >= 15 is 0 Å². The lowest BCUT2D eigenvalue weighted by molar-refractivity contribution is 0.498. The van der Waals surface area contributed by atoms with Crippen LogP contribution in [-0.4, -0.2) is 35.6 Å². The number of rotatable bonds is 6. The molecule has 0 fully saturated rings. The van der Waals surface area contributed by atoms with Gasteiger partial charge in [0.25, 0.3) is 0 Å². The average molecular weight is 548 g/mol. The van der Waals surface area contributed by atoms with Gasteiger partial charge in [-0.05, 0) is 83.9 Å². The van der Waals surface area contributed by atoms with Crippen LogP contribution in [0, 0.1) is 10.8 Å². The molecule has 0 radical (unpaired) electrons. The minimum absolute atomic E-state index is 0.468. The second-order valence-corrected chi connectivity index (χ2v) is 9.78. The Kier molecular flexibility index (Phi) is 10.2. The van der Waals surface area contributed by atoms with Gasteiger partial charge in [-0.2, -0.15) is 0 Å². The molecular weight excluding hydrogens is 515 g/mol. The van der Waals surface area contributed by atoms with Crippen molar-refractivity contribution < 1.29 is 0 Å². The van der Waals surface area contributed by atoms with Gasteiger partial charge in [-0.15, -0.1) is 0 Å². The predicted molar refractivity (Wildman–Crippen MR) is 161 cm³/mol. The number of nitrogens with zero attached hydrogens (tertiary/aromatic N) is 2. The summed E-state index contributed by atoms with van der Waals surface area (Å²) in [6.45, 7) is 1.33. The third kappa shape index (κ3) is 8.54. The lowest BCUT2D eigenvalue weighted by Gasteiger charge is -2.20. The minimum Gasteiger partial charge on any atom is -0.399 e. The zero-order chi connectivity index (χ0) is 27.7. The molecule has 0 aliphatic carbocycles. The van der Waals surface area contributed by atoms with E-state index in [0.717, 1.165) is 32.3 Å².